The third-order valence-electron chi connectivity index (χ3n) is 1.41. The van der Waals surface area contributed by atoms with E-state index in [0.717, 1.165) is 18.8 Å². The average Bonchev–Trinajstić information content (AvgIpc) is 1.89. The predicted molar refractivity (Wildman–Crippen MR) is 35.9 cm³/mol. The van der Waals surface area contributed by atoms with Gasteiger partial charge in [-0.1, -0.05) is 0 Å². The highest BCUT2D eigenvalue weighted by atomic mass is 16.5. The molecule has 1 aliphatic rings. The number of rotatable bonds is 1. The maximum atomic E-state index is 5.63. The van der Waals surface area contributed by atoms with Crippen molar-refractivity contribution in [3.8, 4) is 0 Å². The van der Waals surface area contributed by atoms with Crippen LogP contribution in [-0.2, 0) is 4.74 Å². The minimum absolute atomic E-state index is 0.0451. The van der Waals surface area contributed by atoms with Crippen molar-refractivity contribution >= 4 is 0 Å². The maximum Gasteiger partial charge on any atom is 0.111 e. The zero-order valence-electron chi connectivity index (χ0n) is 5.55. The Hall–Kier alpha value is -0.540. The Bertz CT molecular complexity index is 122. The number of methoxy groups -OCH3 is 1. The quantitative estimate of drug-likeness (QED) is 0.498. The lowest BCUT2D eigenvalue weighted by Crippen LogP contribution is -2.39. The van der Waals surface area contributed by atoms with Crippen LogP contribution in [0.4, 0.5) is 0 Å². The predicted octanol–water partition coefficient (Wildman–Crippen LogP) is -0.553. The molecule has 0 saturated heterocycles. The van der Waals surface area contributed by atoms with Crippen molar-refractivity contribution in [2.75, 3.05) is 20.2 Å². The summed E-state index contributed by atoms with van der Waals surface area (Å²) >= 11 is 0. The minimum atomic E-state index is 0.0451. The Labute approximate surface area is 54.9 Å². The van der Waals surface area contributed by atoms with E-state index >= 15 is 0 Å². The molecule has 0 aliphatic carbocycles. The Morgan fingerprint density at radius 2 is 2.67 bits per heavy atom. The molecule has 0 fully saturated rings. The molecule has 1 aliphatic heterocycles. The summed E-state index contributed by atoms with van der Waals surface area (Å²) in [5, 5.41) is 3.12. The highest BCUT2D eigenvalue weighted by Crippen LogP contribution is 2.02. The maximum absolute atomic E-state index is 5.63. The average molecular weight is 128 g/mol. The second kappa shape index (κ2) is 2.85. The molecule has 0 radical (unpaired) electrons. The lowest BCUT2D eigenvalue weighted by atomic mass is 10.2. The lowest BCUT2D eigenvalue weighted by Gasteiger charge is -2.19. The number of ether oxygens (including phenoxy) is 1. The number of hydrogen-bond donors (Lipinski definition) is 2. The van der Waals surface area contributed by atoms with Crippen LogP contribution in [0.25, 0.3) is 0 Å². The largest absolute Gasteiger partial charge is 0.500 e. The van der Waals surface area contributed by atoms with Gasteiger partial charge in [0.05, 0.1) is 13.2 Å². The fourth-order valence-electron chi connectivity index (χ4n) is 0.898. The highest BCUT2D eigenvalue weighted by molar-refractivity contribution is 5.07. The third-order valence-corrected chi connectivity index (χ3v) is 1.41. The van der Waals surface area contributed by atoms with Crippen LogP contribution in [0.2, 0.25) is 0 Å². The fourth-order valence-corrected chi connectivity index (χ4v) is 0.898. The summed E-state index contributed by atoms with van der Waals surface area (Å²) in [5.41, 5.74) is 5.63. The summed E-state index contributed by atoms with van der Waals surface area (Å²) in [6.07, 6.45) is 1.97. The van der Waals surface area contributed by atoms with Crippen LogP contribution in [-0.4, -0.2) is 26.2 Å². The molecule has 0 amide bonds. The van der Waals surface area contributed by atoms with Crippen molar-refractivity contribution in [1.29, 1.82) is 0 Å². The van der Waals surface area contributed by atoms with E-state index in [2.05, 4.69) is 5.32 Å². The van der Waals surface area contributed by atoms with E-state index < -0.39 is 0 Å². The van der Waals surface area contributed by atoms with Gasteiger partial charge in [-0.2, -0.15) is 0 Å². The Morgan fingerprint density at radius 3 is 3.11 bits per heavy atom. The van der Waals surface area contributed by atoms with Gasteiger partial charge in [0, 0.05) is 13.1 Å². The van der Waals surface area contributed by atoms with Crippen LogP contribution < -0.4 is 11.1 Å². The zero-order chi connectivity index (χ0) is 6.69. The van der Waals surface area contributed by atoms with Crippen molar-refractivity contribution < 1.29 is 4.74 Å². The first-order valence-electron chi connectivity index (χ1n) is 3.05. The first-order valence-corrected chi connectivity index (χ1v) is 3.05. The topological polar surface area (TPSA) is 47.3 Å². The first-order chi connectivity index (χ1) is 4.34. The van der Waals surface area contributed by atoms with E-state index in [0.29, 0.717) is 0 Å². The van der Waals surface area contributed by atoms with E-state index in [4.69, 9.17) is 10.5 Å². The van der Waals surface area contributed by atoms with Crippen LogP contribution >= 0.6 is 0 Å². The van der Waals surface area contributed by atoms with E-state index in [-0.39, 0.29) is 6.04 Å². The molecule has 0 saturated carbocycles. The van der Waals surface area contributed by atoms with Gasteiger partial charge in [0.15, 0.2) is 0 Å². The molecule has 9 heavy (non-hydrogen) atoms. The van der Waals surface area contributed by atoms with Crippen LogP contribution in [0.5, 0.6) is 0 Å². The standard InChI is InChI=1S/C6H12N2O/c1-9-6-2-3-8-4-5(6)7/h2,5,8H,3-4,7H2,1H3. The molecule has 0 spiro atoms. The molecule has 1 unspecified atom stereocenters. The van der Waals surface area contributed by atoms with Gasteiger partial charge in [0.1, 0.15) is 5.76 Å². The zero-order valence-corrected chi connectivity index (χ0v) is 5.55. The SMILES string of the molecule is COC1=CCNCC1N. The molecule has 0 aromatic rings. The van der Waals surface area contributed by atoms with E-state index in [1.807, 2.05) is 6.08 Å². The molecule has 1 rings (SSSR count). The van der Waals surface area contributed by atoms with Crippen molar-refractivity contribution in [2.45, 2.75) is 6.04 Å². The summed E-state index contributed by atoms with van der Waals surface area (Å²) in [5.74, 6) is 0.897. The Balaban J connectivity index is 2.53. The van der Waals surface area contributed by atoms with E-state index in [1.165, 1.54) is 0 Å². The van der Waals surface area contributed by atoms with Crippen LogP contribution in [0.15, 0.2) is 11.8 Å². The smallest absolute Gasteiger partial charge is 0.111 e. The van der Waals surface area contributed by atoms with Gasteiger partial charge in [-0.3, -0.25) is 0 Å². The van der Waals surface area contributed by atoms with Crippen molar-refractivity contribution in [3.63, 3.8) is 0 Å². The second-order valence-electron chi connectivity index (χ2n) is 2.08. The summed E-state index contributed by atoms with van der Waals surface area (Å²) < 4.78 is 5.00. The number of hydrogen-bond acceptors (Lipinski definition) is 3. The molecule has 1 atom stereocenters. The summed E-state index contributed by atoms with van der Waals surface area (Å²) in [6, 6.07) is 0.0451. The van der Waals surface area contributed by atoms with E-state index in [9.17, 15) is 0 Å². The van der Waals surface area contributed by atoms with Gasteiger partial charge >= 0.3 is 0 Å². The molecule has 3 heteroatoms. The third kappa shape index (κ3) is 1.43. The van der Waals surface area contributed by atoms with Gasteiger partial charge in [-0.25, -0.2) is 0 Å². The molecule has 3 N–H and O–H groups in total. The van der Waals surface area contributed by atoms with Crippen molar-refractivity contribution in [2.24, 2.45) is 5.73 Å². The van der Waals surface area contributed by atoms with Crippen molar-refractivity contribution in [3.05, 3.63) is 11.8 Å². The molecule has 52 valence electrons. The highest BCUT2D eigenvalue weighted by Gasteiger charge is 2.11. The van der Waals surface area contributed by atoms with Crippen molar-refractivity contribution in [1.82, 2.24) is 5.32 Å². The molecule has 3 nitrogen and oxygen atoms in total. The van der Waals surface area contributed by atoms with Gasteiger partial charge in [-0.15, -0.1) is 0 Å². The van der Waals surface area contributed by atoms with Crippen LogP contribution in [0, 0.1) is 0 Å². The van der Waals surface area contributed by atoms with Crippen LogP contribution in [0.1, 0.15) is 0 Å². The summed E-state index contributed by atoms with van der Waals surface area (Å²) in [4.78, 5) is 0. The molecule has 0 bridgehead atoms. The molecule has 0 aromatic carbocycles. The second-order valence-corrected chi connectivity index (χ2v) is 2.08. The van der Waals surface area contributed by atoms with E-state index in [1.54, 1.807) is 7.11 Å². The van der Waals surface area contributed by atoms with Gasteiger partial charge in [0.25, 0.3) is 0 Å². The fraction of sp³-hybridized carbons (Fsp3) is 0.667. The first kappa shape index (κ1) is 6.58. The van der Waals surface area contributed by atoms with Gasteiger partial charge < -0.3 is 15.8 Å². The minimum Gasteiger partial charge on any atom is -0.500 e. The molecule has 0 aromatic heterocycles. The number of nitrogens with two attached hydrogens (primary N) is 1. The Morgan fingerprint density at radius 1 is 1.89 bits per heavy atom. The van der Waals surface area contributed by atoms with Gasteiger partial charge in [0.2, 0.25) is 0 Å². The summed E-state index contributed by atoms with van der Waals surface area (Å²) in [7, 11) is 1.65. The monoisotopic (exact) mass is 128 g/mol. The summed E-state index contributed by atoms with van der Waals surface area (Å²) in [6.45, 7) is 1.69. The molecule has 1 heterocycles. The van der Waals surface area contributed by atoms with Gasteiger partial charge in [-0.05, 0) is 6.08 Å². The number of nitrogens with one attached hydrogen (secondary N) is 1. The molecular formula is C6H12N2O. The normalized spacial score (nSPS) is 27.3. The lowest BCUT2D eigenvalue weighted by molar-refractivity contribution is 0.255. The molecular weight excluding hydrogens is 116 g/mol. The Kier molecular flexibility index (Phi) is 2.08. The van der Waals surface area contributed by atoms with Crippen LogP contribution in [0.3, 0.4) is 0 Å².